The van der Waals surface area contributed by atoms with Gasteiger partial charge in [-0.1, -0.05) is 82.0 Å². The average molecular weight is 562 g/mol. The Bertz CT molecular complexity index is 1190. The maximum Gasteiger partial charge on any atom is 0.244 e. The smallest absolute Gasteiger partial charge is 0.244 e. The molecule has 1 saturated carbocycles. The molecular weight excluding hydrogens is 522 g/mol. The van der Waals surface area contributed by atoms with Gasteiger partial charge in [-0.25, -0.2) is 8.42 Å². The van der Waals surface area contributed by atoms with Crippen LogP contribution in [0.4, 0.5) is 5.69 Å². The summed E-state index contributed by atoms with van der Waals surface area (Å²) >= 11 is 6.07. The van der Waals surface area contributed by atoms with Crippen LogP contribution in [0.3, 0.4) is 0 Å². The Kier molecular flexibility index (Phi) is 10.6. The summed E-state index contributed by atoms with van der Waals surface area (Å²) in [5, 5.41) is 3.73. The molecule has 38 heavy (non-hydrogen) atoms. The van der Waals surface area contributed by atoms with E-state index in [0.717, 1.165) is 47.4 Å². The van der Waals surface area contributed by atoms with Crippen molar-refractivity contribution in [3.8, 4) is 0 Å². The zero-order chi connectivity index (χ0) is 27.9. The first-order chi connectivity index (χ1) is 18.0. The molecule has 1 aliphatic rings. The fraction of sp³-hybridized carbons (Fsp3) is 0.517. The van der Waals surface area contributed by atoms with Gasteiger partial charge in [-0.3, -0.25) is 13.9 Å². The highest BCUT2D eigenvalue weighted by molar-refractivity contribution is 7.92. The van der Waals surface area contributed by atoms with Crippen molar-refractivity contribution < 1.29 is 18.0 Å². The van der Waals surface area contributed by atoms with E-state index in [-0.39, 0.29) is 24.4 Å². The molecule has 0 aromatic heterocycles. The van der Waals surface area contributed by atoms with E-state index in [0.29, 0.717) is 17.1 Å². The minimum Gasteiger partial charge on any atom is -0.352 e. The van der Waals surface area contributed by atoms with Gasteiger partial charge in [-0.15, -0.1) is 0 Å². The predicted octanol–water partition coefficient (Wildman–Crippen LogP) is 5.49. The molecule has 3 rings (SSSR count). The molecule has 0 bridgehead atoms. The summed E-state index contributed by atoms with van der Waals surface area (Å²) in [7, 11) is -3.79. The Hall–Kier alpha value is -2.58. The SMILES string of the molecule is CCC(C(=O)NC1CCCCC1)N(Cc1ccc(Cl)cc1)C(=O)CN(c1ccccc1C(C)C)S(C)(=O)=O. The number of hydrogen-bond donors (Lipinski definition) is 1. The number of para-hydroxylation sites is 1. The molecule has 0 radical (unpaired) electrons. The fourth-order valence-electron chi connectivity index (χ4n) is 5.05. The van der Waals surface area contributed by atoms with Crippen molar-refractivity contribution in [2.24, 2.45) is 0 Å². The van der Waals surface area contributed by atoms with Gasteiger partial charge in [0.2, 0.25) is 21.8 Å². The number of amides is 2. The first-order valence-corrected chi connectivity index (χ1v) is 15.6. The van der Waals surface area contributed by atoms with Crippen molar-refractivity contribution in [3.63, 3.8) is 0 Å². The van der Waals surface area contributed by atoms with Crippen LogP contribution in [0.5, 0.6) is 0 Å². The summed E-state index contributed by atoms with van der Waals surface area (Å²) in [6.45, 7) is 5.60. The number of nitrogens with zero attached hydrogens (tertiary/aromatic N) is 2. The van der Waals surface area contributed by atoms with Crippen LogP contribution < -0.4 is 9.62 Å². The number of rotatable bonds is 11. The van der Waals surface area contributed by atoms with Gasteiger partial charge in [-0.2, -0.15) is 0 Å². The normalized spacial score (nSPS) is 15.2. The number of anilines is 1. The molecule has 1 atom stereocenters. The maximum absolute atomic E-state index is 13.9. The van der Waals surface area contributed by atoms with E-state index in [1.165, 1.54) is 11.3 Å². The summed E-state index contributed by atoms with van der Waals surface area (Å²) in [4.78, 5) is 28.9. The maximum atomic E-state index is 13.9. The monoisotopic (exact) mass is 561 g/mol. The molecule has 0 heterocycles. The highest BCUT2D eigenvalue weighted by atomic mass is 35.5. The fourth-order valence-corrected chi connectivity index (χ4v) is 6.04. The molecule has 0 aliphatic heterocycles. The summed E-state index contributed by atoms with van der Waals surface area (Å²) in [5.41, 5.74) is 2.11. The van der Waals surface area contributed by atoms with Gasteiger partial charge in [0.05, 0.1) is 11.9 Å². The Balaban J connectivity index is 1.95. The highest BCUT2D eigenvalue weighted by Gasteiger charge is 2.33. The third-order valence-electron chi connectivity index (χ3n) is 7.11. The molecule has 2 aromatic carbocycles. The Morgan fingerprint density at radius 2 is 1.66 bits per heavy atom. The number of nitrogens with one attached hydrogen (secondary N) is 1. The van der Waals surface area contributed by atoms with Crippen molar-refractivity contribution >= 4 is 39.1 Å². The van der Waals surface area contributed by atoms with Crippen LogP contribution >= 0.6 is 11.6 Å². The lowest BCUT2D eigenvalue weighted by Crippen LogP contribution is -2.54. The quantitative estimate of drug-likeness (QED) is 0.393. The zero-order valence-electron chi connectivity index (χ0n) is 22.8. The number of carbonyl (C=O) groups is 2. The van der Waals surface area contributed by atoms with Crippen LogP contribution in [0.2, 0.25) is 5.02 Å². The van der Waals surface area contributed by atoms with E-state index < -0.39 is 28.5 Å². The number of halogens is 1. The second-order valence-electron chi connectivity index (χ2n) is 10.4. The molecule has 1 fully saturated rings. The average Bonchev–Trinajstić information content (AvgIpc) is 2.88. The molecular formula is C29H40ClN3O4S. The van der Waals surface area contributed by atoms with Crippen molar-refractivity contribution in [2.75, 3.05) is 17.1 Å². The van der Waals surface area contributed by atoms with Crippen LogP contribution in [0.1, 0.15) is 76.3 Å². The lowest BCUT2D eigenvalue weighted by atomic mass is 9.95. The van der Waals surface area contributed by atoms with Crippen molar-refractivity contribution in [1.82, 2.24) is 10.2 Å². The van der Waals surface area contributed by atoms with Gasteiger partial charge >= 0.3 is 0 Å². The molecule has 1 unspecified atom stereocenters. The van der Waals surface area contributed by atoms with E-state index in [2.05, 4.69) is 5.32 Å². The lowest BCUT2D eigenvalue weighted by molar-refractivity contribution is -0.140. The molecule has 2 amide bonds. The van der Waals surface area contributed by atoms with Crippen LogP contribution in [-0.4, -0.2) is 50.0 Å². The molecule has 1 aliphatic carbocycles. The predicted molar refractivity (Wildman–Crippen MR) is 154 cm³/mol. The largest absolute Gasteiger partial charge is 0.352 e. The zero-order valence-corrected chi connectivity index (χ0v) is 24.4. The van der Waals surface area contributed by atoms with Gasteiger partial charge in [0.15, 0.2) is 0 Å². The Morgan fingerprint density at radius 3 is 2.24 bits per heavy atom. The van der Waals surface area contributed by atoms with E-state index in [1.807, 2.05) is 45.0 Å². The number of hydrogen-bond acceptors (Lipinski definition) is 4. The standard InChI is InChI=1S/C29H40ClN3O4S/c1-5-26(29(35)31-24-11-7-6-8-12-24)32(19-22-15-17-23(30)18-16-22)28(34)20-33(38(4,36)37)27-14-10-9-13-25(27)21(2)3/h9-10,13-18,21,24,26H,5-8,11-12,19-20H2,1-4H3,(H,31,35). The first kappa shape index (κ1) is 30.0. The number of benzene rings is 2. The summed E-state index contributed by atoms with van der Waals surface area (Å²) in [6, 6.07) is 13.7. The van der Waals surface area contributed by atoms with Crippen molar-refractivity contribution in [3.05, 3.63) is 64.7 Å². The molecule has 208 valence electrons. The summed E-state index contributed by atoms with van der Waals surface area (Å²) in [6.07, 6.45) is 6.70. The second-order valence-corrected chi connectivity index (χ2v) is 12.7. The van der Waals surface area contributed by atoms with Crippen LogP contribution in [0, 0.1) is 0 Å². The van der Waals surface area contributed by atoms with Crippen LogP contribution in [-0.2, 0) is 26.2 Å². The van der Waals surface area contributed by atoms with Gasteiger partial charge in [0.25, 0.3) is 0 Å². The molecule has 9 heteroatoms. The number of carbonyl (C=O) groups excluding carboxylic acids is 2. The Labute approximate surface area is 232 Å². The second kappa shape index (κ2) is 13.5. The lowest BCUT2D eigenvalue weighted by Gasteiger charge is -2.34. The molecule has 2 aromatic rings. The van der Waals surface area contributed by atoms with Crippen LogP contribution in [0.25, 0.3) is 0 Å². The number of sulfonamides is 1. The highest BCUT2D eigenvalue weighted by Crippen LogP contribution is 2.29. The molecule has 0 saturated heterocycles. The molecule has 0 spiro atoms. The first-order valence-electron chi connectivity index (χ1n) is 13.4. The van der Waals surface area contributed by atoms with E-state index in [1.54, 1.807) is 24.3 Å². The van der Waals surface area contributed by atoms with Crippen LogP contribution in [0.15, 0.2) is 48.5 Å². The van der Waals surface area contributed by atoms with Crippen molar-refractivity contribution in [2.45, 2.75) is 83.8 Å². The summed E-state index contributed by atoms with van der Waals surface area (Å²) in [5.74, 6) is -0.579. The van der Waals surface area contributed by atoms with Crippen molar-refractivity contribution in [1.29, 1.82) is 0 Å². The third-order valence-corrected chi connectivity index (χ3v) is 8.49. The molecule has 1 N–H and O–H groups in total. The molecule has 7 nitrogen and oxygen atoms in total. The summed E-state index contributed by atoms with van der Waals surface area (Å²) < 4.78 is 27.1. The van der Waals surface area contributed by atoms with E-state index >= 15 is 0 Å². The minimum atomic E-state index is -3.79. The van der Waals surface area contributed by atoms with Gasteiger partial charge < -0.3 is 10.2 Å². The van der Waals surface area contributed by atoms with E-state index in [9.17, 15) is 18.0 Å². The third kappa shape index (κ3) is 7.96. The Morgan fingerprint density at radius 1 is 1.03 bits per heavy atom. The van der Waals surface area contributed by atoms with Gasteiger partial charge in [0, 0.05) is 17.6 Å². The van der Waals surface area contributed by atoms with Gasteiger partial charge in [-0.05, 0) is 54.5 Å². The minimum absolute atomic E-state index is 0.0559. The van der Waals surface area contributed by atoms with Gasteiger partial charge in [0.1, 0.15) is 12.6 Å². The van der Waals surface area contributed by atoms with E-state index in [4.69, 9.17) is 11.6 Å². The topological polar surface area (TPSA) is 86.8 Å².